The van der Waals surface area contributed by atoms with Crippen LogP contribution in [0, 0.1) is 5.92 Å². The molecule has 0 bridgehead atoms. The predicted octanol–water partition coefficient (Wildman–Crippen LogP) is 2.15. The second-order valence-electron chi connectivity index (χ2n) is 7.47. The van der Waals surface area contributed by atoms with Crippen molar-refractivity contribution in [1.82, 2.24) is 15.2 Å². The number of rotatable bonds is 3. The summed E-state index contributed by atoms with van der Waals surface area (Å²) >= 11 is 0. The smallest absolute Gasteiger partial charge is 0.253 e. The number of fused-ring (bicyclic) bond motifs is 2. The fourth-order valence-corrected chi connectivity index (χ4v) is 4.29. The lowest BCUT2D eigenvalue weighted by Gasteiger charge is -2.35. The molecule has 2 N–H and O–H groups in total. The molecule has 24 heavy (non-hydrogen) atoms. The minimum absolute atomic E-state index is 0.0209. The molecule has 2 aromatic rings. The largest absolute Gasteiger partial charge is 0.375 e. The molecule has 5 rings (SSSR count). The number of nitrogens with zero attached hydrogens (tertiary/aromatic N) is 1. The monoisotopic (exact) mass is 325 g/mol. The number of para-hydroxylation sites is 1. The summed E-state index contributed by atoms with van der Waals surface area (Å²) in [5.74, 6) is 0.803. The number of H-pyrrole nitrogens is 1. The van der Waals surface area contributed by atoms with Gasteiger partial charge in [-0.1, -0.05) is 12.1 Å². The van der Waals surface area contributed by atoms with Crippen molar-refractivity contribution in [1.29, 1.82) is 0 Å². The first-order valence-electron chi connectivity index (χ1n) is 9.00. The summed E-state index contributed by atoms with van der Waals surface area (Å²) in [6.07, 6.45) is 5.94. The highest BCUT2D eigenvalue weighted by molar-refractivity contribution is 6.05. The van der Waals surface area contributed by atoms with E-state index in [4.69, 9.17) is 4.74 Å². The third-order valence-corrected chi connectivity index (χ3v) is 5.76. The normalized spacial score (nSPS) is 30.4. The van der Waals surface area contributed by atoms with Gasteiger partial charge in [-0.3, -0.25) is 9.69 Å². The maximum Gasteiger partial charge on any atom is 0.253 e. The van der Waals surface area contributed by atoms with Crippen LogP contribution in [-0.4, -0.2) is 53.7 Å². The molecular weight excluding hydrogens is 302 g/mol. The first-order chi connectivity index (χ1) is 11.8. The summed E-state index contributed by atoms with van der Waals surface area (Å²) in [7, 11) is 0. The van der Waals surface area contributed by atoms with Gasteiger partial charge in [0.05, 0.1) is 23.8 Å². The van der Waals surface area contributed by atoms with E-state index in [1.165, 1.54) is 12.8 Å². The van der Waals surface area contributed by atoms with Gasteiger partial charge in [0.25, 0.3) is 5.91 Å². The van der Waals surface area contributed by atoms with Gasteiger partial charge in [-0.05, 0) is 37.3 Å². The minimum atomic E-state index is 0.0209. The lowest BCUT2D eigenvalue weighted by atomic mass is 10.1. The van der Waals surface area contributed by atoms with Crippen molar-refractivity contribution in [2.75, 3.05) is 19.7 Å². The molecule has 126 valence electrons. The number of amides is 1. The zero-order chi connectivity index (χ0) is 16.1. The molecule has 3 fully saturated rings. The Hall–Kier alpha value is -1.85. The van der Waals surface area contributed by atoms with Crippen LogP contribution in [-0.2, 0) is 4.74 Å². The number of carbonyl (C=O) groups excluding carboxylic acids is 1. The maximum atomic E-state index is 12.7. The highest BCUT2D eigenvalue weighted by Crippen LogP contribution is 2.37. The lowest BCUT2D eigenvalue weighted by molar-refractivity contribution is -0.0581. The van der Waals surface area contributed by atoms with Gasteiger partial charge in [-0.2, -0.15) is 0 Å². The molecule has 1 aromatic heterocycles. The van der Waals surface area contributed by atoms with Crippen molar-refractivity contribution in [3.05, 3.63) is 36.0 Å². The highest BCUT2D eigenvalue weighted by Gasteiger charge is 2.42. The fourth-order valence-electron chi connectivity index (χ4n) is 4.29. The van der Waals surface area contributed by atoms with Gasteiger partial charge < -0.3 is 15.0 Å². The molecule has 5 heteroatoms. The average molecular weight is 325 g/mol. The van der Waals surface area contributed by atoms with Crippen LogP contribution < -0.4 is 5.32 Å². The van der Waals surface area contributed by atoms with Crippen molar-refractivity contribution < 1.29 is 9.53 Å². The number of hydrogen-bond acceptors (Lipinski definition) is 3. The van der Waals surface area contributed by atoms with Crippen LogP contribution in [0.25, 0.3) is 10.9 Å². The first-order valence-corrected chi connectivity index (χ1v) is 9.00. The molecule has 1 aromatic carbocycles. The molecule has 1 amide bonds. The fraction of sp³-hybridized carbons (Fsp3) is 0.526. The summed E-state index contributed by atoms with van der Waals surface area (Å²) in [6, 6.07) is 8.53. The van der Waals surface area contributed by atoms with Gasteiger partial charge in [-0.15, -0.1) is 0 Å². The second kappa shape index (κ2) is 5.60. The molecule has 3 heterocycles. The topological polar surface area (TPSA) is 57.4 Å². The number of aromatic nitrogens is 1. The molecule has 2 saturated heterocycles. The number of morpholine rings is 1. The molecule has 1 aliphatic carbocycles. The molecule has 3 aliphatic rings. The van der Waals surface area contributed by atoms with Crippen LogP contribution in [0.4, 0.5) is 0 Å². The predicted molar refractivity (Wildman–Crippen MR) is 92.0 cm³/mol. The average Bonchev–Trinajstić information content (AvgIpc) is 3.18. The molecule has 5 nitrogen and oxygen atoms in total. The van der Waals surface area contributed by atoms with Crippen molar-refractivity contribution in [3.8, 4) is 0 Å². The zero-order valence-corrected chi connectivity index (χ0v) is 13.7. The Morgan fingerprint density at radius 1 is 1.25 bits per heavy atom. The van der Waals surface area contributed by atoms with Gasteiger partial charge in [0.2, 0.25) is 0 Å². The Balaban J connectivity index is 1.27. The van der Waals surface area contributed by atoms with Gasteiger partial charge >= 0.3 is 0 Å². The molecular formula is C19H23N3O2. The van der Waals surface area contributed by atoms with E-state index in [-0.39, 0.29) is 11.9 Å². The van der Waals surface area contributed by atoms with Gasteiger partial charge in [0.15, 0.2) is 0 Å². The third kappa shape index (κ3) is 2.52. The summed E-state index contributed by atoms with van der Waals surface area (Å²) in [4.78, 5) is 18.4. The lowest BCUT2D eigenvalue weighted by Crippen LogP contribution is -2.47. The van der Waals surface area contributed by atoms with E-state index in [9.17, 15) is 4.79 Å². The van der Waals surface area contributed by atoms with Crippen molar-refractivity contribution in [3.63, 3.8) is 0 Å². The zero-order valence-electron chi connectivity index (χ0n) is 13.7. The van der Waals surface area contributed by atoms with E-state index < -0.39 is 0 Å². The summed E-state index contributed by atoms with van der Waals surface area (Å²) in [5, 5.41) is 4.31. The van der Waals surface area contributed by atoms with Crippen molar-refractivity contribution in [2.45, 2.75) is 37.5 Å². The number of carbonyl (C=O) groups is 1. The van der Waals surface area contributed by atoms with Crippen molar-refractivity contribution in [2.24, 2.45) is 5.92 Å². The van der Waals surface area contributed by atoms with Crippen LogP contribution in [0.1, 0.15) is 29.6 Å². The Labute approximate surface area is 141 Å². The van der Waals surface area contributed by atoms with Gasteiger partial charge in [-0.25, -0.2) is 0 Å². The van der Waals surface area contributed by atoms with Crippen LogP contribution in [0.3, 0.4) is 0 Å². The summed E-state index contributed by atoms with van der Waals surface area (Å²) in [6.45, 7) is 2.80. The van der Waals surface area contributed by atoms with E-state index in [1.807, 2.05) is 30.5 Å². The number of ether oxygens (including phenoxy) is 1. The van der Waals surface area contributed by atoms with E-state index in [2.05, 4.69) is 15.2 Å². The Morgan fingerprint density at radius 2 is 2.17 bits per heavy atom. The summed E-state index contributed by atoms with van der Waals surface area (Å²) in [5.41, 5.74) is 1.65. The molecule has 2 aliphatic heterocycles. The maximum absolute atomic E-state index is 12.7. The number of aromatic amines is 1. The van der Waals surface area contributed by atoms with E-state index in [1.54, 1.807) is 0 Å². The van der Waals surface area contributed by atoms with E-state index in [0.717, 1.165) is 48.5 Å². The van der Waals surface area contributed by atoms with E-state index in [0.29, 0.717) is 12.1 Å². The number of benzene rings is 1. The molecule has 0 radical (unpaired) electrons. The number of hydrogen-bond donors (Lipinski definition) is 2. The first kappa shape index (κ1) is 14.5. The minimum Gasteiger partial charge on any atom is -0.375 e. The molecule has 1 saturated carbocycles. The van der Waals surface area contributed by atoms with Crippen LogP contribution >= 0.6 is 0 Å². The van der Waals surface area contributed by atoms with Crippen LogP contribution in [0.5, 0.6) is 0 Å². The van der Waals surface area contributed by atoms with Gasteiger partial charge in [0.1, 0.15) is 0 Å². The molecule has 0 spiro atoms. The molecule has 0 unspecified atom stereocenters. The Kier molecular flexibility index (Phi) is 3.38. The van der Waals surface area contributed by atoms with Gasteiger partial charge in [0, 0.05) is 36.8 Å². The Bertz CT molecular complexity index is 767. The van der Waals surface area contributed by atoms with Crippen molar-refractivity contribution >= 4 is 16.8 Å². The van der Waals surface area contributed by atoms with Crippen LogP contribution in [0.2, 0.25) is 0 Å². The SMILES string of the molecule is O=C(N[C@H]1C[C@H]2CO[C@@H](C3CC3)CN2C1)c1cccc2cc[nH]c12. The summed E-state index contributed by atoms with van der Waals surface area (Å²) < 4.78 is 6.04. The Morgan fingerprint density at radius 3 is 3.04 bits per heavy atom. The second-order valence-corrected chi connectivity index (χ2v) is 7.47. The standard InChI is InChI=1S/C19H23N3O2/c23-19(16-3-1-2-13-6-7-20-18(13)16)21-14-8-15-11-24-17(12-4-5-12)10-22(15)9-14/h1-3,6-7,12,14-15,17,20H,4-5,8-11H2,(H,21,23)/t14-,15-,17+/m0/s1. The van der Waals surface area contributed by atoms with E-state index >= 15 is 0 Å². The number of nitrogens with one attached hydrogen (secondary N) is 2. The molecule has 3 atom stereocenters. The quantitative estimate of drug-likeness (QED) is 0.909. The highest BCUT2D eigenvalue weighted by atomic mass is 16.5. The third-order valence-electron chi connectivity index (χ3n) is 5.76. The van der Waals surface area contributed by atoms with Crippen LogP contribution in [0.15, 0.2) is 30.5 Å².